The second-order valence-electron chi connectivity index (χ2n) is 24.5. The van der Waals surface area contributed by atoms with Gasteiger partial charge < -0.3 is 28.8 Å². The summed E-state index contributed by atoms with van der Waals surface area (Å²) >= 11 is 0. The molecule has 0 radical (unpaired) electrons. The van der Waals surface area contributed by atoms with Crippen LogP contribution in [0.2, 0.25) is 0 Å². The van der Waals surface area contributed by atoms with Crippen LogP contribution in [0.1, 0.15) is 290 Å². The van der Waals surface area contributed by atoms with Crippen molar-refractivity contribution >= 4 is 13.7 Å². The van der Waals surface area contributed by atoms with Gasteiger partial charge in [-0.2, -0.15) is 0 Å². The molecule has 488 valence electrons. The van der Waals surface area contributed by atoms with Crippen LogP contribution in [0.4, 0.5) is 0 Å². The Balaban J connectivity index is 4.22. The Morgan fingerprint density at radius 3 is 1.09 bits per heavy atom. The van der Waals surface area contributed by atoms with E-state index in [0.29, 0.717) is 17.4 Å². The first-order chi connectivity index (χ1) is 41.5. The summed E-state index contributed by atoms with van der Waals surface area (Å²) in [6, 6.07) is -0.927. The van der Waals surface area contributed by atoms with Gasteiger partial charge in [0.2, 0.25) is 5.91 Å². The summed E-state index contributed by atoms with van der Waals surface area (Å²) in [6.07, 6.45) is 98.6. The number of nitrogens with zero attached hydrogens (tertiary/aromatic N) is 1. The van der Waals surface area contributed by atoms with Gasteiger partial charge in [-0.05, 0) is 109 Å². The first-order valence-electron chi connectivity index (χ1n) is 35.0. The average molecular weight is 1200 g/mol. The summed E-state index contributed by atoms with van der Waals surface area (Å²) in [5, 5.41) is 13.9. The molecule has 3 unspecified atom stereocenters. The van der Waals surface area contributed by atoms with Crippen molar-refractivity contribution in [3.63, 3.8) is 0 Å². The quantitative estimate of drug-likeness (QED) is 0.0272. The van der Waals surface area contributed by atoms with E-state index >= 15 is 0 Å². The second kappa shape index (κ2) is 65.1. The largest absolute Gasteiger partial charge is 0.756 e. The number of unbranched alkanes of at least 4 members (excludes halogenated alkanes) is 30. The van der Waals surface area contributed by atoms with Crippen molar-refractivity contribution in [2.24, 2.45) is 0 Å². The second-order valence-corrected chi connectivity index (χ2v) is 25.9. The maximum Gasteiger partial charge on any atom is 0.268 e. The molecule has 0 aromatic heterocycles. The molecule has 0 bridgehead atoms. The van der Waals surface area contributed by atoms with Crippen LogP contribution in [0.5, 0.6) is 0 Å². The van der Waals surface area contributed by atoms with Crippen LogP contribution in [0.15, 0.2) is 134 Å². The van der Waals surface area contributed by atoms with Crippen LogP contribution < -0.4 is 10.2 Å². The number of quaternary nitrogens is 1. The number of nitrogens with one attached hydrogen (secondary N) is 1. The normalized spacial score (nSPS) is 14.5. The lowest BCUT2D eigenvalue weighted by Gasteiger charge is -2.29. The van der Waals surface area contributed by atoms with E-state index < -0.39 is 26.6 Å². The van der Waals surface area contributed by atoms with E-state index in [1.807, 2.05) is 27.2 Å². The molecule has 0 aliphatic carbocycles. The molecule has 9 heteroatoms. The molecular formula is C76H133N2O6P. The van der Waals surface area contributed by atoms with Crippen LogP contribution in [-0.4, -0.2) is 68.5 Å². The number of aliphatic hydroxyl groups excluding tert-OH is 1. The number of carbonyl (C=O) groups is 1. The van der Waals surface area contributed by atoms with E-state index in [2.05, 4.69) is 141 Å². The van der Waals surface area contributed by atoms with Crippen molar-refractivity contribution in [3.8, 4) is 0 Å². The number of phosphoric ester groups is 1. The standard InChI is InChI=1S/C76H133N2O6P/c1-6-8-10-12-14-16-18-20-22-24-26-28-30-32-34-36-38-39-40-42-44-46-48-50-52-54-56-58-60-62-64-66-68-70-76(80)77-74(73-84-85(81,82)83-72-71-78(3,4)5)75(79)69-67-65-63-61-59-57-55-53-51-49-47-45-43-41-37-35-33-31-29-27-25-23-21-19-17-15-13-11-9-7-2/h8,10,14,16,20,22,26,28,32,34,38-39,42,44,48,50-51,53,59,61,67,69,74-75,79H,6-7,9,11-13,15,17-19,21,23-25,27,29-31,33,35-37,40-41,43,45-47,49,52,54-58,60,62-66,68,70-73H2,1-5H3,(H-,77,80,81,82)/b10-8-,16-14-,22-20-,28-26-,34-32-,39-38-,44-42-,50-48-,53-51+,61-59+,69-67+. The maximum atomic E-state index is 13.0. The Bertz CT molecular complexity index is 1850. The minimum Gasteiger partial charge on any atom is -0.756 e. The van der Waals surface area contributed by atoms with Gasteiger partial charge in [0, 0.05) is 6.42 Å². The fourth-order valence-electron chi connectivity index (χ4n) is 9.67. The van der Waals surface area contributed by atoms with Gasteiger partial charge in [-0.3, -0.25) is 9.36 Å². The van der Waals surface area contributed by atoms with Crippen LogP contribution in [-0.2, 0) is 18.4 Å². The van der Waals surface area contributed by atoms with Gasteiger partial charge in [0.1, 0.15) is 13.2 Å². The third kappa shape index (κ3) is 68.0. The van der Waals surface area contributed by atoms with Crippen molar-refractivity contribution in [1.82, 2.24) is 5.32 Å². The highest BCUT2D eigenvalue weighted by Crippen LogP contribution is 2.38. The lowest BCUT2D eigenvalue weighted by molar-refractivity contribution is -0.870. The Morgan fingerprint density at radius 1 is 0.424 bits per heavy atom. The predicted octanol–water partition coefficient (Wildman–Crippen LogP) is 22.0. The number of phosphoric acid groups is 1. The van der Waals surface area contributed by atoms with Gasteiger partial charge in [-0.25, -0.2) is 0 Å². The van der Waals surface area contributed by atoms with Crippen molar-refractivity contribution in [1.29, 1.82) is 0 Å². The third-order valence-corrected chi connectivity index (χ3v) is 16.0. The van der Waals surface area contributed by atoms with Crippen molar-refractivity contribution in [2.75, 3.05) is 40.9 Å². The zero-order valence-corrected chi connectivity index (χ0v) is 56.7. The molecule has 0 aromatic rings. The van der Waals surface area contributed by atoms with Crippen LogP contribution in [0, 0.1) is 0 Å². The number of allylic oxidation sites excluding steroid dienone is 21. The molecule has 0 saturated heterocycles. The molecule has 0 aliphatic heterocycles. The van der Waals surface area contributed by atoms with Crippen LogP contribution >= 0.6 is 7.82 Å². The summed E-state index contributed by atoms with van der Waals surface area (Å²) in [6.45, 7) is 4.51. The highest BCUT2D eigenvalue weighted by Gasteiger charge is 2.23. The number of amides is 1. The van der Waals surface area contributed by atoms with E-state index in [1.54, 1.807) is 6.08 Å². The van der Waals surface area contributed by atoms with E-state index in [0.717, 1.165) is 109 Å². The molecule has 8 nitrogen and oxygen atoms in total. The highest BCUT2D eigenvalue weighted by molar-refractivity contribution is 7.45. The molecule has 0 aromatic carbocycles. The first-order valence-corrected chi connectivity index (χ1v) is 36.5. The summed E-state index contributed by atoms with van der Waals surface area (Å²) in [5.41, 5.74) is 0. The lowest BCUT2D eigenvalue weighted by atomic mass is 10.0. The van der Waals surface area contributed by atoms with Gasteiger partial charge in [0.15, 0.2) is 0 Å². The fraction of sp³-hybridized carbons (Fsp3) is 0.697. The predicted molar refractivity (Wildman–Crippen MR) is 371 cm³/mol. The van der Waals surface area contributed by atoms with E-state index in [-0.39, 0.29) is 12.5 Å². The number of likely N-dealkylation sites (N-methyl/N-ethyl adjacent to an activating group) is 1. The molecule has 2 N–H and O–H groups in total. The first kappa shape index (κ1) is 81.6. The maximum absolute atomic E-state index is 13.0. The number of aliphatic hydroxyl groups is 1. The number of hydrogen-bond donors (Lipinski definition) is 2. The van der Waals surface area contributed by atoms with Gasteiger partial charge in [-0.1, -0.05) is 308 Å². The Kier molecular flexibility index (Phi) is 62.5. The third-order valence-electron chi connectivity index (χ3n) is 15.1. The van der Waals surface area contributed by atoms with Gasteiger partial charge in [-0.15, -0.1) is 0 Å². The summed E-state index contributed by atoms with van der Waals surface area (Å²) in [4.78, 5) is 25.6. The lowest BCUT2D eigenvalue weighted by Crippen LogP contribution is -2.45. The molecule has 0 heterocycles. The van der Waals surface area contributed by atoms with Gasteiger partial charge in [0.05, 0.1) is 39.9 Å². The highest BCUT2D eigenvalue weighted by atomic mass is 31.2. The minimum absolute atomic E-state index is 0.0175. The molecule has 0 fully saturated rings. The zero-order chi connectivity index (χ0) is 61.9. The van der Waals surface area contributed by atoms with E-state index in [9.17, 15) is 19.4 Å². The van der Waals surface area contributed by atoms with Gasteiger partial charge in [0.25, 0.3) is 7.82 Å². The fourth-order valence-corrected chi connectivity index (χ4v) is 10.4. The number of carbonyl (C=O) groups excluding carboxylic acids is 1. The van der Waals surface area contributed by atoms with Crippen molar-refractivity contribution in [3.05, 3.63) is 134 Å². The number of hydrogen-bond acceptors (Lipinski definition) is 6. The van der Waals surface area contributed by atoms with Gasteiger partial charge >= 0.3 is 0 Å². The Hall–Kier alpha value is -3.36. The van der Waals surface area contributed by atoms with E-state index in [1.165, 1.54) is 161 Å². The molecule has 3 atom stereocenters. The van der Waals surface area contributed by atoms with Crippen molar-refractivity contribution in [2.45, 2.75) is 302 Å². The molecule has 1 amide bonds. The summed E-state index contributed by atoms with van der Waals surface area (Å²) in [5.74, 6) is -0.223. The average Bonchev–Trinajstić information content (AvgIpc) is 3.49. The molecule has 0 aliphatic rings. The molecule has 0 rings (SSSR count). The molecule has 0 saturated carbocycles. The smallest absolute Gasteiger partial charge is 0.268 e. The minimum atomic E-state index is -4.63. The van der Waals surface area contributed by atoms with Crippen LogP contribution in [0.3, 0.4) is 0 Å². The molecule has 0 spiro atoms. The monoisotopic (exact) mass is 1200 g/mol. The molecular weight excluding hydrogens is 1070 g/mol. The Morgan fingerprint density at radius 2 is 0.729 bits per heavy atom. The Labute approximate surface area is 526 Å². The topological polar surface area (TPSA) is 108 Å². The summed E-state index contributed by atoms with van der Waals surface area (Å²) < 4.78 is 23.4. The zero-order valence-electron chi connectivity index (χ0n) is 55.8. The summed E-state index contributed by atoms with van der Waals surface area (Å²) in [7, 11) is 1.22. The SMILES string of the molecule is CC/C=C\C/C=C\C/C=C\C/C=C\C/C=C\C/C=C\C/C=C\C/C=C\CCCCCCCCCCC(=O)NC(COP(=O)([O-])OCC[N+](C)(C)C)C(O)/C=C/CC/C=C/CC/C=C/CCCCCCCCCCCCCCCCCCCCCC. The number of rotatable bonds is 63. The van der Waals surface area contributed by atoms with Crippen molar-refractivity contribution < 1.29 is 32.9 Å². The van der Waals surface area contributed by atoms with Crippen LogP contribution in [0.25, 0.3) is 0 Å². The van der Waals surface area contributed by atoms with E-state index in [4.69, 9.17) is 9.05 Å². The molecule has 85 heavy (non-hydrogen) atoms.